The van der Waals surface area contributed by atoms with Crippen molar-refractivity contribution in [3.05, 3.63) is 0 Å². The van der Waals surface area contributed by atoms with E-state index in [4.69, 9.17) is 14.6 Å². The van der Waals surface area contributed by atoms with Crippen LogP contribution in [-0.4, -0.2) is 36.9 Å². The zero-order chi connectivity index (χ0) is 37.1. The smallest absolute Gasteiger partial charge is 0.308 e. The number of aliphatic hydroxyl groups excluding tert-OH is 1. The molecule has 3 saturated carbocycles. The summed E-state index contributed by atoms with van der Waals surface area (Å²) >= 11 is 0. The molecule has 0 amide bonds. The summed E-state index contributed by atoms with van der Waals surface area (Å²) in [4.78, 5) is 27.5. The molecule has 52 heavy (non-hydrogen) atoms. The van der Waals surface area contributed by atoms with Gasteiger partial charge in [0, 0.05) is 12.5 Å². The maximum absolute atomic E-state index is 13.8. The number of rotatable bonds is 33. The standard InChI is InChI=1S/C47H86O5/c1-3-5-7-9-11-16-26-43(34-30-39-22-19-23-39)46(49)51-37-45(42-32-28-41(29-33-42)21-15-13-14-18-36-48)38-52-47(50)44(35-31-40-24-20-25-40)27-17-12-10-8-6-4-2/h39-45,48H,3-38H2,1-2H3. The minimum atomic E-state index is 0.0159. The van der Waals surface area contributed by atoms with E-state index in [2.05, 4.69) is 13.8 Å². The first-order valence-corrected chi connectivity index (χ1v) is 23.5. The zero-order valence-electron chi connectivity index (χ0n) is 34.6. The van der Waals surface area contributed by atoms with Crippen LogP contribution in [0.25, 0.3) is 0 Å². The van der Waals surface area contributed by atoms with Crippen LogP contribution in [0, 0.1) is 41.4 Å². The second-order valence-corrected chi connectivity index (χ2v) is 18.0. The van der Waals surface area contributed by atoms with Gasteiger partial charge in [-0.15, -0.1) is 0 Å². The largest absolute Gasteiger partial charge is 0.465 e. The molecule has 3 fully saturated rings. The van der Waals surface area contributed by atoms with Crippen molar-refractivity contribution in [3.63, 3.8) is 0 Å². The lowest BCUT2D eigenvalue weighted by Gasteiger charge is -2.34. The molecule has 0 radical (unpaired) electrons. The van der Waals surface area contributed by atoms with Crippen molar-refractivity contribution in [2.45, 2.75) is 226 Å². The zero-order valence-corrected chi connectivity index (χ0v) is 34.6. The molecule has 0 aliphatic heterocycles. The SMILES string of the molecule is CCCCCCCCC(CCC1CCC1)C(=O)OCC(COC(=O)C(CCCCCCCC)CCC1CCC1)C1CCC(CCCCCCO)CC1. The Morgan fingerprint density at radius 1 is 0.500 bits per heavy atom. The van der Waals surface area contributed by atoms with Crippen LogP contribution < -0.4 is 0 Å². The Morgan fingerprint density at radius 3 is 1.37 bits per heavy atom. The van der Waals surface area contributed by atoms with Crippen LogP contribution in [0.15, 0.2) is 0 Å². The summed E-state index contributed by atoms with van der Waals surface area (Å²) in [5.41, 5.74) is 0. The third-order valence-electron chi connectivity index (χ3n) is 13.7. The van der Waals surface area contributed by atoms with E-state index >= 15 is 0 Å². The highest BCUT2D eigenvalue weighted by molar-refractivity contribution is 5.73. The predicted octanol–water partition coefficient (Wildman–Crippen LogP) is 13.3. The molecule has 0 saturated heterocycles. The van der Waals surface area contributed by atoms with Gasteiger partial charge in [0.25, 0.3) is 0 Å². The molecule has 3 rings (SSSR count). The summed E-state index contributed by atoms with van der Waals surface area (Å²) in [6, 6.07) is 0. The van der Waals surface area contributed by atoms with Crippen molar-refractivity contribution in [2.24, 2.45) is 41.4 Å². The summed E-state index contributed by atoms with van der Waals surface area (Å²) in [5, 5.41) is 9.12. The maximum Gasteiger partial charge on any atom is 0.308 e. The van der Waals surface area contributed by atoms with Crippen LogP contribution in [0.1, 0.15) is 226 Å². The normalized spacial score (nSPS) is 21.2. The molecule has 3 aliphatic carbocycles. The van der Waals surface area contributed by atoms with Gasteiger partial charge >= 0.3 is 11.9 Å². The van der Waals surface area contributed by atoms with Gasteiger partial charge in [0.15, 0.2) is 0 Å². The van der Waals surface area contributed by atoms with Crippen LogP contribution in [0.5, 0.6) is 0 Å². The summed E-state index contributed by atoms with van der Waals surface area (Å²) in [7, 11) is 0. The van der Waals surface area contributed by atoms with Gasteiger partial charge in [0.2, 0.25) is 0 Å². The summed E-state index contributed by atoms with van der Waals surface area (Å²) in [6.45, 7) is 5.65. The van der Waals surface area contributed by atoms with E-state index in [9.17, 15) is 9.59 Å². The average Bonchev–Trinajstić information content (AvgIpc) is 3.11. The van der Waals surface area contributed by atoms with E-state index in [1.54, 1.807) is 0 Å². The van der Waals surface area contributed by atoms with Gasteiger partial charge in [-0.1, -0.05) is 168 Å². The molecule has 0 heterocycles. The lowest BCUT2D eigenvalue weighted by Crippen LogP contribution is -2.33. The Labute approximate surface area is 322 Å². The third kappa shape index (κ3) is 19.5. The summed E-state index contributed by atoms with van der Waals surface area (Å²) < 4.78 is 12.6. The van der Waals surface area contributed by atoms with Crippen LogP contribution in [-0.2, 0) is 19.1 Å². The van der Waals surface area contributed by atoms with Gasteiger partial charge < -0.3 is 14.6 Å². The number of hydrogen-bond acceptors (Lipinski definition) is 5. The first-order chi connectivity index (χ1) is 25.5. The van der Waals surface area contributed by atoms with E-state index in [0.717, 1.165) is 82.0 Å². The molecule has 0 spiro atoms. The molecule has 2 atom stereocenters. The third-order valence-corrected chi connectivity index (χ3v) is 13.7. The molecule has 0 aromatic rings. The lowest BCUT2D eigenvalue weighted by molar-refractivity contribution is -0.156. The molecule has 1 N–H and O–H groups in total. The highest BCUT2D eigenvalue weighted by atomic mass is 16.5. The van der Waals surface area contributed by atoms with Crippen LogP contribution in [0.3, 0.4) is 0 Å². The molecule has 2 unspecified atom stereocenters. The summed E-state index contributed by atoms with van der Waals surface area (Å²) in [5.74, 6) is 3.01. The average molecular weight is 731 g/mol. The molecular weight excluding hydrogens is 645 g/mol. The van der Waals surface area contributed by atoms with Crippen molar-refractivity contribution in [1.82, 2.24) is 0 Å². The van der Waals surface area contributed by atoms with Crippen molar-refractivity contribution in [2.75, 3.05) is 19.8 Å². The number of carbonyl (C=O) groups is 2. The molecule has 0 aromatic heterocycles. The minimum absolute atomic E-state index is 0.0159. The molecule has 3 aliphatic rings. The fraction of sp³-hybridized carbons (Fsp3) is 0.957. The number of unbranched alkanes of at least 4 members (excludes halogenated alkanes) is 13. The number of aliphatic hydroxyl groups is 1. The minimum Gasteiger partial charge on any atom is -0.465 e. The van der Waals surface area contributed by atoms with E-state index in [-0.39, 0.29) is 29.7 Å². The molecule has 0 aromatic carbocycles. The first kappa shape index (κ1) is 45.3. The van der Waals surface area contributed by atoms with E-state index in [1.165, 1.54) is 148 Å². The van der Waals surface area contributed by atoms with E-state index < -0.39 is 0 Å². The summed E-state index contributed by atoms with van der Waals surface area (Å²) in [6.07, 6.45) is 39.8. The van der Waals surface area contributed by atoms with Gasteiger partial charge in [0.1, 0.15) is 0 Å². The van der Waals surface area contributed by atoms with Gasteiger partial charge in [-0.25, -0.2) is 0 Å². The quantitative estimate of drug-likeness (QED) is 0.0537. The van der Waals surface area contributed by atoms with Crippen molar-refractivity contribution >= 4 is 11.9 Å². The van der Waals surface area contributed by atoms with E-state index in [0.29, 0.717) is 25.7 Å². The van der Waals surface area contributed by atoms with E-state index in [1.807, 2.05) is 0 Å². The number of esters is 2. The highest BCUT2D eigenvalue weighted by Gasteiger charge is 2.32. The molecule has 5 heteroatoms. The topological polar surface area (TPSA) is 72.8 Å². The Morgan fingerprint density at radius 2 is 0.923 bits per heavy atom. The lowest BCUT2D eigenvalue weighted by atomic mass is 9.74. The van der Waals surface area contributed by atoms with Crippen LogP contribution >= 0.6 is 0 Å². The Hall–Kier alpha value is -1.10. The van der Waals surface area contributed by atoms with Crippen LogP contribution in [0.4, 0.5) is 0 Å². The van der Waals surface area contributed by atoms with Crippen molar-refractivity contribution in [1.29, 1.82) is 0 Å². The Bertz CT molecular complexity index is 819. The van der Waals surface area contributed by atoms with Gasteiger partial charge in [-0.3, -0.25) is 9.59 Å². The Kier molecular flexibility index (Phi) is 25.5. The van der Waals surface area contributed by atoms with Crippen molar-refractivity contribution in [3.8, 4) is 0 Å². The van der Waals surface area contributed by atoms with Crippen LogP contribution in [0.2, 0.25) is 0 Å². The second kappa shape index (κ2) is 29.2. The Balaban J connectivity index is 1.57. The first-order valence-electron chi connectivity index (χ1n) is 23.5. The second-order valence-electron chi connectivity index (χ2n) is 18.0. The maximum atomic E-state index is 13.8. The predicted molar refractivity (Wildman–Crippen MR) is 217 cm³/mol. The van der Waals surface area contributed by atoms with Gasteiger partial charge in [-0.2, -0.15) is 0 Å². The monoisotopic (exact) mass is 731 g/mol. The fourth-order valence-corrected chi connectivity index (χ4v) is 9.32. The molecule has 304 valence electrons. The fourth-order valence-electron chi connectivity index (χ4n) is 9.32. The number of hydrogen-bond donors (Lipinski definition) is 1. The molecular formula is C47H86O5. The van der Waals surface area contributed by atoms with Gasteiger partial charge in [0.05, 0.1) is 25.0 Å². The number of ether oxygens (including phenoxy) is 2. The highest BCUT2D eigenvalue weighted by Crippen LogP contribution is 2.38. The molecule has 5 nitrogen and oxygen atoms in total. The number of carbonyl (C=O) groups excluding carboxylic acids is 2. The van der Waals surface area contributed by atoms with Crippen molar-refractivity contribution < 1.29 is 24.2 Å². The molecule has 0 bridgehead atoms. The van der Waals surface area contributed by atoms with Gasteiger partial charge in [-0.05, 0) is 81.5 Å².